The van der Waals surface area contributed by atoms with Crippen molar-refractivity contribution in [1.82, 2.24) is 14.5 Å². The molecule has 2 aromatic carbocycles. The molecule has 5 rings (SSSR count). The second-order valence-electron chi connectivity index (χ2n) is 8.19. The van der Waals surface area contributed by atoms with Crippen LogP contribution in [-0.2, 0) is 29.1 Å². The van der Waals surface area contributed by atoms with Crippen LogP contribution in [0.25, 0.3) is 22.2 Å². The van der Waals surface area contributed by atoms with E-state index in [-0.39, 0.29) is 5.91 Å². The maximum absolute atomic E-state index is 13.0. The SMILES string of the molecule is COCn1cc(-c2ccc3c(c2)CCN3C(=O)Cc2cccc(C)c2)c2c(N)ncnc21. The van der Waals surface area contributed by atoms with Crippen molar-refractivity contribution in [3.63, 3.8) is 0 Å². The van der Waals surface area contributed by atoms with E-state index in [1.807, 2.05) is 52.9 Å². The number of amides is 1. The van der Waals surface area contributed by atoms with Crippen LogP contribution in [-0.4, -0.2) is 34.1 Å². The highest BCUT2D eigenvalue weighted by Crippen LogP contribution is 2.37. The molecule has 0 aliphatic carbocycles. The van der Waals surface area contributed by atoms with E-state index in [4.69, 9.17) is 10.5 Å². The fraction of sp³-hybridized carbons (Fsp3) is 0.240. The second-order valence-corrected chi connectivity index (χ2v) is 8.19. The summed E-state index contributed by atoms with van der Waals surface area (Å²) in [5, 5.41) is 0.815. The van der Waals surface area contributed by atoms with Gasteiger partial charge in [-0.25, -0.2) is 9.97 Å². The molecule has 1 aliphatic heterocycles. The summed E-state index contributed by atoms with van der Waals surface area (Å²) in [5.74, 6) is 0.562. The molecule has 1 amide bonds. The molecule has 0 unspecified atom stereocenters. The van der Waals surface area contributed by atoms with E-state index in [0.717, 1.165) is 51.0 Å². The summed E-state index contributed by atoms with van der Waals surface area (Å²) in [5.41, 5.74) is 13.3. The Labute approximate surface area is 186 Å². The Morgan fingerprint density at radius 1 is 1.19 bits per heavy atom. The topological polar surface area (TPSA) is 86.3 Å². The Bertz CT molecular complexity index is 1330. The fourth-order valence-electron chi connectivity index (χ4n) is 4.52. The van der Waals surface area contributed by atoms with Gasteiger partial charge >= 0.3 is 0 Å². The van der Waals surface area contributed by atoms with Gasteiger partial charge in [-0.15, -0.1) is 0 Å². The summed E-state index contributed by atoms with van der Waals surface area (Å²) in [6, 6.07) is 14.3. The molecule has 0 saturated heterocycles. The summed E-state index contributed by atoms with van der Waals surface area (Å²) < 4.78 is 7.24. The maximum atomic E-state index is 13.0. The Morgan fingerprint density at radius 3 is 2.88 bits per heavy atom. The number of hydrogen-bond donors (Lipinski definition) is 1. The minimum atomic E-state index is 0.122. The van der Waals surface area contributed by atoms with Crippen LogP contribution in [0.4, 0.5) is 11.5 Å². The highest BCUT2D eigenvalue weighted by Gasteiger charge is 2.26. The third-order valence-electron chi connectivity index (χ3n) is 5.98. The Morgan fingerprint density at radius 2 is 2.06 bits per heavy atom. The number of carbonyl (C=O) groups excluding carboxylic acids is 1. The van der Waals surface area contributed by atoms with Gasteiger partial charge < -0.3 is 19.9 Å². The maximum Gasteiger partial charge on any atom is 0.231 e. The van der Waals surface area contributed by atoms with Gasteiger partial charge in [-0.3, -0.25) is 4.79 Å². The molecule has 7 nitrogen and oxygen atoms in total. The van der Waals surface area contributed by atoms with E-state index in [0.29, 0.717) is 25.5 Å². The molecule has 7 heteroatoms. The fourth-order valence-corrected chi connectivity index (χ4v) is 4.52. The van der Waals surface area contributed by atoms with Crippen molar-refractivity contribution in [3.8, 4) is 11.1 Å². The van der Waals surface area contributed by atoms with Gasteiger partial charge in [-0.05, 0) is 42.2 Å². The highest BCUT2D eigenvalue weighted by atomic mass is 16.5. The predicted octanol–water partition coefficient (Wildman–Crippen LogP) is 3.72. The first kappa shape index (κ1) is 20.2. The number of nitrogen functional groups attached to an aromatic ring is 1. The monoisotopic (exact) mass is 427 g/mol. The average molecular weight is 428 g/mol. The predicted molar refractivity (Wildman–Crippen MR) is 125 cm³/mol. The summed E-state index contributed by atoms with van der Waals surface area (Å²) in [6.07, 6.45) is 4.69. The molecule has 0 bridgehead atoms. The zero-order valence-electron chi connectivity index (χ0n) is 18.2. The zero-order chi connectivity index (χ0) is 22.2. The number of fused-ring (bicyclic) bond motifs is 2. The number of aryl methyl sites for hydroxylation is 1. The lowest BCUT2D eigenvalue weighted by molar-refractivity contribution is -0.117. The molecule has 162 valence electrons. The number of hydrogen-bond acceptors (Lipinski definition) is 5. The number of benzene rings is 2. The van der Waals surface area contributed by atoms with Gasteiger partial charge in [0, 0.05) is 31.1 Å². The molecule has 0 fully saturated rings. The number of anilines is 2. The summed E-state index contributed by atoms with van der Waals surface area (Å²) in [4.78, 5) is 23.5. The lowest BCUT2D eigenvalue weighted by atomic mass is 10.0. The van der Waals surface area contributed by atoms with E-state index >= 15 is 0 Å². The number of carbonyl (C=O) groups is 1. The highest BCUT2D eigenvalue weighted by molar-refractivity contribution is 6.02. The molecule has 0 radical (unpaired) electrons. The van der Waals surface area contributed by atoms with E-state index in [2.05, 4.69) is 22.1 Å². The minimum absolute atomic E-state index is 0.122. The first-order valence-corrected chi connectivity index (χ1v) is 10.6. The van der Waals surface area contributed by atoms with E-state index < -0.39 is 0 Å². The minimum Gasteiger partial charge on any atom is -0.383 e. The normalized spacial score (nSPS) is 13.0. The van der Waals surface area contributed by atoms with Crippen LogP contribution in [0.3, 0.4) is 0 Å². The van der Waals surface area contributed by atoms with Gasteiger partial charge in [-0.2, -0.15) is 0 Å². The first-order valence-electron chi connectivity index (χ1n) is 10.6. The van der Waals surface area contributed by atoms with Crippen molar-refractivity contribution in [1.29, 1.82) is 0 Å². The standard InChI is InChI=1S/C25H25N5O2/c1-16-4-3-5-17(10-16)11-22(31)30-9-8-19-12-18(6-7-21(19)30)20-13-29(15-32-2)25-23(20)24(26)27-14-28-25/h3-7,10,12-14H,8-9,11,15H2,1-2H3,(H2,26,27,28). The van der Waals surface area contributed by atoms with Crippen LogP contribution in [0.1, 0.15) is 16.7 Å². The largest absolute Gasteiger partial charge is 0.383 e. The van der Waals surface area contributed by atoms with E-state index in [9.17, 15) is 4.79 Å². The quantitative estimate of drug-likeness (QED) is 0.525. The Hall–Kier alpha value is -3.71. The van der Waals surface area contributed by atoms with Crippen molar-refractivity contribution >= 4 is 28.4 Å². The number of rotatable bonds is 5. The van der Waals surface area contributed by atoms with Gasteiger partial charge in [0.2, 0.25) is 5.91 Å². The summed E-state index contributed by atoms with van der Waals surface area (Å²) in [6.45, 7) is 3.11. The molecule has 0 atom stereocenters. The number of nitrogens with zero attached hydrogens (tertiary/aromatic N) is 4. The smallest absolute Gasteiger partial charge is 0.231 e. The molecule has 2 N–H and O–H groups in total. The van der Waals surface area contributed by atoms with E-state index in [1.54, 1.807) is 7.11 Å². The van der Waals surface area contributed by atoms with Crippen LogP contribution in [0.5, 0.6) is 0 Å². The molecular formula is C25H25N5O2. The number of ether oxygens (including phenoxy) is 1. The first-order chi connectivity index (χ1) is 15.5. The molecule has 4 aromatic rings. The van der Waals surface area contributed by atoms with Gasteiger partial charge in [0.05, 0.1) is 11.8 Å². The Kier molecular flexibility index (Phi) is 5.11. The van der Waals surface area contributed by atoms with Crippen molar-refractivity contribution < 1.29 is 9.53 Å². The Balaban J connectivity index is 1.47. The van der Waals surface area contributed by atoms with Crippen molar-refractivity contribution in [2.24, 2.45) is 0 Å². The van der Waals surface area contributed by atoms with Gasteiger partial charge in [0.25, 0.3) is 0 Å². The molecule has 0 saturated carbocycles. The van der Waals surface area contributed by atoms with Gasteiger partial charge in [-0.1, -0.05) is 35.9 Å². The molecule has 0 spiro atoms. The number of methoxy groups -OCH3 is 1. The van der Waals surface area contributed by atoms with Crippen LogP contribution in [0, 0.1) is 6.92 Å². The lowest BCUT2D eigenvalue weighted by Gasteiger charge is -2.18. The molecule has 1 aliphatic rings. The van der Waals surface area contributed by atoms with Crippen LogP contribution >= 0.6 is 0 Å². The third-order valence-corrected chi connectivity index (χ3v) is 5.98. The lowest BCUT2D eigenvalue weighted by Crippen LogP contribution is -2.30. The molecule has 32 heavy (non-hydrogen) atoms. The molecule has 2 aromatic heterocycles. The molecule has 3 heterocycles. The van der Waals surface area contributed by atoms with Crippen LogP contribution in [0.15, 0.2) is 55.0 Å². The molecular weight excluding hydrogens is 402 g/mol. The van der Waals surface area contributed by atoms with Gasteiger partial charge in [0.1, 0.15) is 24.5 Å². The number of aromatic nitrogens is 3. The zero-order valence-corrected chi connectivity index (χ0v) is 18.2. The van der Waals surface area contributed by atoms with Crippen LogP contribution in [0.2, 0.25) is 0 Å². The van der Waals surface area contributed by atoms with E-state index in [1.165, 1.54) is 6.33 Å². The summed E-state index contributed by atoms with van der Waals surface area (Å²) in [7, 11) is 1.65. The summed E-state index contributed by atoms with van der Waals surface area (Å²) >= 11 is 0. The van der Waals surface area contributed by atoms with Crippen LogP contribution < -0.4 is 10.6 Å². The van der Waals surface area contributed by atoms with Crippen molar-refractivity contribution in [2.45, 2.75) is 26.5 Å². The second kappa shape index (κ2) is 8.09. The third kappa shape index (κ3) is 3.50. The van der Waals surface area contributed by atoms with Crippen molar-refractivity contribution in [2.75, 3.05) is 24.3 Å². The van der Waals surface area contributed by atoms with Gasteiger partial charge in [0.15, 0.2) is 0 Å². The number of nitrogens with two attached hydrogens (primary N) is 1. The average Bonchev–Trinajstić information content (AvgIpc) is 3.36. The van der Waals surface area contributed by atoms with Crippen molar-refractivity contribution in [3.05, 3.63) is 71.7 Å².